The summed E-state index contributed by atoms with van der Waals surface area (Å²) in [4.78, 5) is 23.0. The normalized spacial score (nSPS) is 9.90. The number of nitrogens with zero attached hydrogens (tertiary/aromatic N) is 1. The van der Waals surface area contributed by atoms with E-state index < -0.39 is 5.97 Å². The van der Waals surface area contributed by atoms with E-state index in [1.54, 1.807) is 35.9 Å². The molecule has 0 fully saturated rings. The molecule has 0 spiro atoms. The van der Waals surface area contributed by atoms with Crippen molar-refractivity contribution in [3.05, 3.63) is 58.9 Å². The van der Waals surface area contributed by atoms with Crippen molar-refractivity contribution in [3.63, 3.8) is 0 Å². The average Bonchev–Trinajstić information content (AvgIpc) is 2.70. The molecular weight excluding hydrogens is 265 g/mol. The van der Waals surface area contributed by atoms with Crippen LogP contribution in [0.3, 0.4) is 0 Å². The van der Waals surface area contributed by atoms with Crippen LogP contribution in [-0.4, -0.2) is 21.4 Å². The summed E-state index contributed by atoms with van der Waals surface area (Å²) < 4.78 is 1.64. The molecule has 0 atom stereocenters. The van der Waals surface area contributed by atoms with Crippen molar-refractivity contribution >= 4 is 11.8 Å². The van der Waals surface area contributed by atoms with Gasteiger partial charge in [0.25, 0.3) is 0 Å². The topological polar surface area (TPSA) is 59.3 Å². The smallest absolute Gasteiger partial charge is 1.00 e. The zero-order valence-electron chi connectivity index (χ0n) is 12.9. The van der Waals surface area contributed by atoms with Gasteiger partial charge in [-0.3, -0.25) is 9.59 Å². The number of hydrogen-bond donors (Lipinski definition) is 1. The average molecular weight is 281 g/mol. The quantitative estimate of drug-likeness (QED) is 0.596. The Hall–Kier alpha value is -1.36. The number of aromatic nitrogens is 1. The van der Waals surface area contributed by atoms with Gasteiger partial charge < -0.3 is 11.1 Å². The van der Waals surface area contributed by atoms with Gasteiger partial charge in [-0.05, 0) is 19.1 Å². The Balaban J connectivity index is 0.00000200. The van der Waals surface area contributed by atoms with Gasteiger partial charge in [-0.25, -0.2) is 0 Å². The molecule has 1 N–H and O–H groups in total. The van der Waals surface area contributed by atoms with E-state index in [0.717, 1.165) is 5.56 Å². The van der Waals surface area contributed by atoms with Crippen LogP contribution < -0.4 is 29.6 Å². The summed E-state index contributed by atoms with van der Waals surface area (Å²) in [6.45, 7) is 1.96. The van der Waals surface area contributed by atoms with Crippen LogP contribution in [0.15, 0.2) is 36.4 Å². The molecule has 1 aromatic carbocycles. The standard InChI is InChI=1S/C15H15NO3.Na.H/c1-10-3-5-11(6-4-10)15(19)13-8-7-12(16(13)2)9-14(17)18;;/h3-8H,9H2,1-2H3,(H,17,18);;/q;+1;-1. The van der Waals surface area contributed by atoms with E-state index in [-0.39, 0.29) is 43.2 Å². The zero-order valence-corrected chi connectivity index (χ0v) is 13.9. The van der Waals surface area contributed by atoms with Crippen molar-refractivity contribution in [2.75, 3.05) is 0 Å². The number of carbonyl (C=O) groups is 2. The van der Waals surface area contributed by atoms with Gasteiger partial charge >= 0.3 is 35.5 Å². The molecule has 0 aliphatic carbocycles. The molecule has 1 aromatic heterocycles. The summed E-state index contributed by atoms with van der Waals surface area (Å²) in [7, 11) is 1.71. The van der Waals surface area contributed by atoms with Gasteiger partial charge in [-0.2, -0.15) is 0 Å². The number of aryl methyl sites for hydroxylation is 1. The van der Waals surface area contributed by atoms with Crippen LogP contribution in [0.2, 0.25) is 0 Å². The maximum atomic E-state index is 12.3. The summed E-state index contributed by atoms with van der Waals surface area (Å²) in [6, 6.07) is 10.7. The largest absolute Gasteiger partial charge is 1.00 e. The van der Waals surface area contributed by atoms with Crippen LogP contribution in [0, 0.1) is 6.92 Å². The van der Waals surface area contributed by atoms with Crippen LogP contribution in [0.5, 0.6) is 0 Å². The van der Waals surface area contributed by atoms with E-state index in [1.165, 1.54) is 0 Å². The maximum Gasteiger partial charge on any atom is 1.00 e. The van der Waals surface area contributed by atoms with Crippen molar-refractivity contribution in [2.24, 2.45) is 7.05 Å². The van der Waals surface area contributed by atoms with Crippen molar-refractivity contribution in [3.8, 4) is 0 Å². The second-order valence-corrected chi connectivity index (χ2v) is 4.53. The first-order chi connectivity index (χ1) is 8.99. The monoisotopic (exact) mass is 281 g/mol. The molecule has 100 valence electrons. The molecule has 0 aliphatic rings. The Kier molecular flexibility index (Phi) is 5.74. The van der Waals surface area contributed by atoms with Crippen LogP contribution in [0.1, 0.15) is 28.7 Å². The molecule has 1 heterocycles. The van der Waals surface area contributed by atoms with Crippen LogP contribution in [0.25, 0.3) is 0 Å². The molecule has 20 heavy (non-hydrogen) atoms. The molecule has 2 rings (SSSR count). The van der Waals surface area contributed by atoms with E-state index in [1.807, 2.05) is 19.1 Å². The summed E-state index contributed by atoms with van der Waals surface area (Å²) in [6.07, 6.45) is -0.0856. The number of aliphatic carboxylic acids is 1. The summed E-state index contributed by atoms with van der Waals surface area (Å²) >= 11 is 0. The predicted molar refractivity (Wildman–Crippen MR) is 72.5 cm³/mol. The molecule has 2 aromatic rings. The molecule has 0 unspecified atom stereocenters. The number of carbonyl (C=O) groups excluding carboxylic acids is 1. The predicted octanol–water partition coefficient (Wildman–Crippen LogP) is -0.692. The molecule has 0 saturated heterocycles. The van der Waals surface area contributed by atoms with Gasteiger partial charge in [0.15, 0.2) is 0 Å². The second kappa shape index (κ2) is 6.88. The molecular formula is C15H16NNaO3. The first-order valence-electron chi connectivity index (χ1n) is 5.97. The van der Waals surface area contributed by atoms with Crippen LogP contribution in [0.4, 0.5) is 0 Å². The fourth-order valence-electron chi connectivity index (χ4n) is 1.97. The number of benzene rings is 1. The van der Waals surface area contributed by atoms with E-state index in [4.69, 9.17) is 5.11 Å². The van der Waals surface area contributed by atoms with Crippen LogP contribution >= 0.6 is 0 Å². The maximum absolute atomic E-state index is 12.3. The third kappa shape index (κ3) is 3.60. The molecule has 0 radical (unpaired) electrons. The summed E-state index contributed by atoms with van der Waals surface area (Å²) in [5.74, 6) is -1.00. The minimum atomic E-state index is -0.907. The minimum Gasteiger partial charge on any atom is -1.00 e. The van der Waals surface area contributed by atoms with Gasteiger partial charge in [-0.1, -0.05) is 29.8 Å². The van der Waals surface area contributed by atoms with Crippen molar-refractivity contribution < 1.29 is 45.7 Å². The van der Waals surface area contributed by atoms with E-state index in [0.29, 0.717) is 17.0 Å². The summed E-state index contributed by atoms with van der Waals surface area (Å²) in [5, 5.41) is 8.79. The number of carboxylic acids is 1. The molecule has 0 bridgehead atoms. The number of rotatable bonds is 4. The Bertz CT molecular complexity index is 635. The Labute approximate surface area is 141 Å². The molecule has 5 heteroatoms. The number of carboxylic acid groups (broad SMARTS) is 1. The van der Waals surface area contributed by atoms with E-state index in [2.05, 4.69) is 0 Å². The van der Waals surface area contributed by atoms with E-state index >= 15 is 0 Å². The van der Waals surface area contributed by atoms with Gasteiger partial charge in [0.05, 0.1) is 12.1 Å². The Morgan fingerprint density at radius 1 is 1.15 bits per heavy atom. The fourth-order valence-corrected chi connectivity index (χ4v) is 1.97. The van der Waals surface area contributed by atoms with Gasteiger partial charge in [-0.15, -0.1) is 0 Å². The Morgan fingerprint density at radius 2 is 1.75 bits per heavy atom. The van der Waals surface area contributed by atoms with Gasteiger partial charge in [0.1, 0.15) is 0 Å². The first-order valence-corrected chi connectivity index (χ1v) is 5.97. The van der Waals surface area contributed by atoms with Crippen LogP contribution in [-0.2, 0) is 18.3 Å². The molecule has 0 amide bonds. The minimum absolute atomic E-state index is 0. The fraction of sp³-hybridized carbons (Fsp3) is 0.200. The SMILES string of the molecule is Cc1ccc(C(=O)c2ccc(CC(=O)O)n2C)cc1.[H-].[Na+]. The first kappa shape index (κ1) is 16.7. The molecule has 0 saturated carbocycles. The molecule has 0 aliphatic heterocycles. The zero-order chi connectivity index (χ0) is 14.0. The van der Waals surface area contributed by atoms with Crippen molar-refractivity contribution in [2.45, 2.75) is 13.3 Å². The number of ketones is 1. The third-order valence-electron chi connectivity index (χ3n) is 3.10. The molecule has 4 nitrogen and oxygen atoms in total. The van der Waals surface area contributed by atoms with E-state index in [9.17, 15) is 9.59 Å². The second-order valence-electron chi connectivity index (χ2n) is 4.53. The van der Waals surface area contributed by atoms with Crippen molar-refractivity contribution in [1.29, 1.82) is 0 Å². The van der Waals surface area contributed by atoms with Gasteiger partial charge in [0.2, 0.25) is 5.78 Å². The Morgan fingerprint density at radius 3 is 2.30 bits per heavy atom. The number of hydrogen-bond acceptors (Lipinski definition) is 2. The third-order valence-corrected chi connectivity index (χ3v) is 3.10. The summed E-state index contributed by atoms with van der Waals surface area (Å²) in [5.41, 5.74) is 2.81. The van der Waals surface area contributed by atoms with Crippen molar-refractivity contribution in [1.82, 2.24) is 4.57 Å². The van der Waals surface area contributed by atoms with Gasteiger partial charge in [0, 0.05) is 18.3 Å².